The van der Waals surface area contributed by atoms with E-state index in [1.54, 1.807) is 12.1 Å². The van der Waals surface area contributed by atoms with Crippen LogP contribution in [0.1, 0.15) is 45.1 Å². The number of rotatable bonds is 6. The van der Waals surface area contributed by atoms with Gasteiger partial charge in [0.1, 0.15) is 5.75 Å². The second-order valence-electron chi connectivity index (χ2n) is 7.59. The Hall–Kier alpha value is -2.67. The van der Waals surface area contributed by atoms with Gasteiger partial charge < -0.3 is 15.7 Å². The van der Waals surface area contributed by atoms with E-state index in [9.17, 15) is 5.11 Å². The van der Waals surface area contributed by atoms with E-state index in [0.29, 0.717) is 28.6 Å². The molecule has 3 heterocycles. The molecule has 1 fully saturated rings. The van der Waals surface area contributed by atoms with Crippen LogP contribution in [0.5, 0.6) is 5.75 Å². The number of nitrogens with zero attached hydrogens (tertiary/aromatic N) is 5. The Bertz CT molecular complexity index is 945. The standard InChI is InChI=1S/C21H28N6O/c1-2-3-6-11-26-12-9-15(10-13-26)27-18-14-17(16-7-4-5-8-19(16)28)23-24-20(18)21(22)25-27/h4-5,7-8,14-15,28H,2-3,6,9-13H2,1H3,(H2,22,25). The van der Waals surface area contributed by atoms with Crippen LogP contribution in [0.4, 0.5) is 5.82 Å². The average molecular weight is 380 g/mol. The molecule has 2 aromatic heterocycles. The summed E-state index contributed by atoms with van der Waals surface area (Å²) in [5.74, 6) is 0.604. The molecule has 148 valence electrons. The van der Waals surface area contributed by atoms with Crippen LogP contribution in [0, 0.1) is 0 Å². The van der Waals surface area contributed by atoms with Crippen LogP contribution < -0.4 is 5.73 Å². The first-order valence-corrected chi connectivity index (χ1v) is 10.2. The number of fused-ring (bicyclic) bond motifs is 1. The van der Waals surface area contributed by atoms with Gasteiger partial charge in [0, 0.05) is 18.7 Å². The lowest BCUT2D eigenvalue weighted by Crippen LogP contribution is -2.35. The highest BCUT2D eigenvalue weighted by Gasteiger charge is 2.24. The maximum atomic E-state index is 10.2. The highest BCUT2D eigenvalue weighted by atomic mass is 16.3. The average Bonchev–Trinajstić information content (AvgIpc) is 3.05. The molecule has 28 heavy (non-hydrogen) atoms. The number of phenols is 1. The monoisotopic (exact) mass is 380 g/mol. The number of aromatic nitrogens is 4. The molecule has 3 aromatic rings. The van der Waals surface area contributed by atoms with Crippen molar-refractivity contribution in [1.29, 1.82) is 0 Å². The van der Waals surface area contributed by atoms with Crippen LogP contribution in [0.25, 0.3) is 22.3 Å². The van der Waals surface area contributed by atoms with Crippen molar-refractivity contribution in [3.05, 3.63) is 30.3 Å². The number of para-hydroxylation sites is 1. The number of hydrogen-bond donors (Lipinski definition) is 2. The van der Waals surface area contributed by atoms with Gasteiger partial charge >= 0.3 is 0 Å². The van der Waals surface area contributed by atoms with E-state index in [1.165, 1.54) is 25.8 Å². The van der Waals surface area contributed by atoms with Crippen LogP contribution in [0.2, 0.25) is 0 Å². The van der Waals surface area contributed by atoms with Crippen LogP contribution >= 0.6 is 0 Å². The fourth-order valence-corrected chi connectivity index (χ4v) is 4.03. The minimum atomic E-state index is 0.190. The second kappa shape index (κ2) is 8.14. The first kappa shape index (κ1) is 18.7. The zero-order valence-corrected chi connectivity index (χ0v) is 16.4. The molecule has 3 N–H and O–H groups in total. The van der Waals surface area contributed by atoms with E-state index in [0.717, 1.165) is 31.4 Å². The molecular weight excluding hydrogens is 352 g/mol. The van der Waals surface area contributed by atoms with Crippen molar-refractivity contribution in [1.82, 2.24) is 24.9 Å². The predicted molar refractivity (Wildman–Crippen MR) is 111 cm³/mol. The molecule has 0 aliphatic carbocycles. The fourth-order valence-electron chi connectivity index (χ4n) is 4.03. The number of aromatic hydroxyl groups is 1. The molecule has 1 aliphatic heterocycles. The van der Waals surface area contributed by atoms with Crippen molar-refractivity contribution in [2.75, 3.05) is 25.4 Å². The maximum absolute atomic E-state index is 10.2. The van der Waals surface area contributed by atoms with Crippen molar-refractivity contribution in [3.8, 4) is 17.0 Å². The van der Waals surface area contributed by atoms with E-state index in [2.05, 4.69) is 27.1 Å². The normalized spacial score (nSPS) is 16.0. The summed E-state index contributed by atoms with van der Waals surface area (Å²) >= 11 is 0. The molecule has 7 nitrogen and oxygen atoms in total. The Morgan fingerprint density at radius 2 is 1.93 bits per heavy atom. The molecule has 0 atom stereocenters. The van der Waals surface area contributed by atoms with E-state index in [4.69, 9.17) is 5.73 Å². The summed E-state index contributed by atoms with van der Waals surface area (Å²) in [5, 5.41) is 23.3. The number of unbranched alkanes of at least 4 members (excludes halogenated alkanes) is 2. The summed E-state index contributed by atoms with van der Waals surface area (Å²) < 4.78 is 2.02. The quantitative estimate of drug-likeness (QED) is 0.635. The summed E-state index contributed by atoms with van der Waals surface area (Å²) in [6.45, 7) is 5.60. The van der Waals surface area contributed by atoms with Gasteiger partial charge in [0.25, 0.3) is 0 Å². The Kier molecular flexibility index (Phi) is 5.43. The van der Waals surface area contributed by atoms with Gasteiger partial charge in [-0.3, -0.25) is 4.68 Å². The third-order valence-electron chi connectivity index (χ3n) is 5.64. The molecule has 0 saturated carbocycles. The Morgan fingerprint density at radius 3 is 2.68 bits per heavy atom. The van der Waals surface area contributed by atoms with Crippen molar-refractivity contribution in [2.24, 2.45) is 0 Å². The molecule has 0 spiro atoms. The zero-order chi connectivity index (χ0) is 19.5. The lowest BCUT2D eigenvalue weighted by Gasteiger charge is -2.32. The van der Waals surface area contributed by atoms with Crippen molar-refractivity contribution in [3.63, 3.8) is 0 Å². The van der Waals surface area contributed by atoms with E-state index in [-0.39, 0.29) is 5.75 Å². The molecule has 4 rings (SSSR count). The maximum Gasteiger partial charge on any atom is 0.174 e. The molecule has 0 amide bonds. The summed E-state index contributed by atoms with van der Waals surface area (Å²) in [4.78, 5) is 2.55. The van der Waals surface area contributed by atoms with E-state index in [1.807, 2.05) is 22.9 Å². The largest absolute Gasteiger partial charge is 0.507 e. The van der Waals surface area contributed by atoms with E-state index >= 15 is 0 Å². The van der Waals surface area contributed by atoms with Crippen LogP contribution in [0.15, 0.2) is 30.3 Å². The first-order chi connectivity index (χ1) is 13.7. The number of anilines is 1. The third-order valence-corrected chi connectivity index (χ3v) is 5.64. The smallest absolute Gasteiger partial charge is 0.174 e. The van der Waals surface area contributed by atoms with Gasteiger partial charge in [0.15, 0.2) is 11.3 Å². The fraction of sp³-hybridized carbons (Fsp3) is 0.476. The van der Waals surface area contributed by atoms with Crippen LogP contribution in [-0.2, 0) is 0 Å². The van der Waals surface area contributed by atoms with Gasteiger partial charge in [0.2, 0.25) is 0 Å². The van der Waals surface area contributed by atoms with Crippen LogP contribution in [-0.4, -0.2) is 49.6 Å². The molecule has 0 bridgehead atoms. The highest BCUT2D eigenvalue weighted by Crippen LogP contribution is 2.32. The van der Waals surface area contributed by atoms with Crippen molar-refractivity contribution in [2.45, 2.75) is 45.1 Å². The third kappa shape index (κ3) is 3.67. The highest BCUT2D eigenvalue weighted by molar-refractivity contribution is 5.87. The zero-order valence-electron chi connectivity index (χ0n) is 16.4. The molecule has 1 saturated heterocycles. The summed E-state index contributed by atoms with van der Waals surface area (Å²) in [6, 6.07) is 9.41. The van der Waals surface area contributed by atoms with Gasteiger partial charge in [-0.25, -0.2) is 0 Å². The van der Waals surface area contributed by atoms with Gasteiger partial charge in [-0.15, -0.1) is 10.2 Å². The SMILES string of the molecule is CCCCCN1CCC(n2nc(N)c3nnc(-c4ccccc4O)cc32)CC1. The molecular formula is C21H28N6O. The summed E-state index contributed by atoms with van der Waals surface area (Å²) in [5.41, 5.74) is 8.92. The molecule has 1 aromatic carbocycles. The second-order valence-corrected chi connectivity index (χ2v) is 7.59. The van der Waals surface area contributed by atoms with Crippen molar-refractivity contribution < 1.29 is 5.11 Å². The Labute approximate surface area is 165 Å². The Balaban J connectivity index is 1.58. The van der Waals surface area contributed by atoms with Gasteiger partial charge in [0.05, 0.1) is 17.3 Å². The summed E-state index contributed by atoms with van der Waals surface area (Å²) in [7, 11) is 0. The minimum Gasteiger partial charge on any atom is -0.507 e. The molecule has 1 aliphatic rings. The number of hydrogen-bond acceptors (Lipinski definition) is 6. The Morgan fingerprint density at radius 1 is 1.14 bits per heavy atom. The number of piperidine rings is 1. The molecule has 0 radical (unpaired) electrons. The first-order valence-electron chi connectivity index (χ1n) is 10.2. The van der Waals surface area contributed by atoms with Crippen molar-refractivity contribution >= 4 is 16.9 Å². The van der Waals surface area contributed by atoms with Crippen LogP contribution in [0.3, 0.4) is 0 Å². The van der Waals surface area contributed by atoms with E-state index < -0.39 is 0 Å². The number of phenolic OH excluding ortho intramolecular Hbond substituents is 1. The number of benzene rings is 1. The number of nitrogen functional groups attached to an aromatic ring is 1. The topological polar surface area (TPSA) is 93.1 Å². The summed E-state index contributed by atoms with van der Waals surface area (Å²) in [6.07, 6.45) is 5.94. The van der Waals surface area contributed by atoms with Gasteiger partial charge in [-0.1, -0.05) is 31.9 Å². The van der Waals surface area contributed by atoms with Gasteiger partial charge in [-0.2, -0.15) is 5.10 Å². The van der Waals surface area contributed by atoms with Gasteiger partial charge in [-0.05, 0) is 44.0 Å². The molecule has 7 heteroatoms. The lowest BCUT2D eigenvalue weighted by atomic mass is 10.0. The minimum absolute atomic E-state index is 0.190. The predicted octanol–water partition coefficient (Wildman–Crippen LogP) is 3.61. The number of nitrogens with two attached hydrogens (primary N) is 1. The number of likely N-dealkylation sites (tertiary alicyclic amines) is 1. The lowest BCUT2D eigenvalue weighted by molar-refractivity contribution is 0.180. The molecule has 0 unspecified atom stereocenters.